The second-order valence-corrected chi connectivity index (χ2v) is 17.0. The van der Waals surface area contributed by atoms with Gasteiger partial charge in [-0.3, -0.25) is 14.4 Å². The van der Waals surface area contributed by atoms with Crippen LogP contribution in [0.5, 0.6) is 0 Å². The van der Waals surface area contributed by atoms with Gasteiger partial charge in [-0.2, -0.15) is 0 Å². The van der Waals surface area contributed by atoms with Crippen molar-refractivity contribution in [1.29, 1.82) is 0 Å². The first-order valence-corrected chi connectivity index (χ1v) is 26.7. The van der Waals surface area contributed by atoms with E-state index in [9.17, 15) is 14.4 Å². The van der Waals surface area contributed by atoms with E-state index in [0.29, 0.717) is 19.3 Å². The molecular formula is C61H96O6. The number of hydrogen-bond acceptors (Lipinski definition) is 6. The molecule has 0 heterocycles. The minimum Gasteiger partial charge on any atom is -0.462 e. The smallest absolute Gasteiger partial charge is 0.310 e. The summed E-state index contributed by atoms with van der Waals surface area (Å²) in [5.41, 5.74) is 0. The van der Waals surface area contributed by atoms with Crippen molar-refractivity contribution in [2.45, 2.75) is 219 Å². The van der Waals surface area contributed by atoms with Gasteiger partial charge in [-0.05, 0) is 116 Å². The number of allylic oxidation sites excluding steroid dienone is 21. The zero-order valence-electron chi connectivity index (χ0n) is 42.9. The van der Waals surface area contributed by atoms with Crippen LogP contribution in [0.25, 0.3) is 0 Å². The molecule has 0 spiro atoms. The Bertz CT molecular complexity index is 1480. The summed E-state index contributed by atoms with van der Waals surface area (Å²) in [6, 6.07) is 0. The van der Waals surface area contributed by atoms with E-state index < -0.39 is 12.1 Å². The molecule has 0 bridgehead atoms. The fourth-order valence-corrected chi connectivity index (χ4v) is 6.71. The predicted molar refractivity (Wildman–Crippen MR) is 288 cm³/mol. The van der Waals surface area contributed by atoms with Gasteiger partial charge in [-0.15, -0.1) is 0 Å². The van der Waals surface area contributed by atoms with Crippen molar-refractivity contribution in [2.75, 3.05) is 13.2 Å². The molecule has 1 unspecified atom stereocenters. The Morgan fingerprint density at radius 3 is 1.01 bits per heavy atom. The summed E-state index contributed by atoms with van der Waals surface area (Å²) in [5.74, 6) is -1.12. The van der Waals surface area contributed by atoms with E-state index in [0.717, 1.165) is 116 Å². The van der Waals surface area contributed by atoms with Crippen LogP contribution in [-0.4, -0.2) is 37.2 Å². The van der Waals surface area contributed by atoms with Gasteiger partial charge in [0.1, 0.15) is 13.2 Å². The maximum Gasteiger partial charge on any atom is 0.310 e. The van der Waals surface area contributed by atoms with Crippen molar-refractivity contribution < 1.29 is 28.6 Å². The Balaban J connectivity index is 4.59. The third-order valence-corrected chi connectivity index (χ3v) is 10.7. The second-order valence-electron chi connectivity index (χ2n) is 17.0. The van der Waals surface area contributed by atoms with Crippen LogP contribution >= 0.6 is 0 Å². The lowest BCUT2D eigenvalue weighted by atomic mass is 10.1. The molecule has 0 N–H and O–H groups in total. The maximum absolute atomic E-state index is 12.8. The largest absolute Gasteiger partial charge is 0.462 e. The van der Waals surface area contributed by atoms with Gasteiger partial charge in [0, 0.05) is 12.8 Å². The number of hydrogen-bond donors (Lipinski definition) is 0. The summed E-state index contributed by atoms with van der Waals surface area (Å²) in [5, 5.41) is 0. The van der Waals surface area contributed by atoms with Crippen molar-refractivity contribution in [1.82, 2.24) is 0 Å². The standard InChI is InChI=1S/C61H96O6/c1-4-7-10-13-16-19-22-25-28-29-30-31-34-36-39-42-45-48-51-54-60(63)66-57-58(67-61(64)55-52-49-46-43-40-37-33-27-24-21-18-15-12-9-6-3)56-65-59(62)53-50-47-44-41-38-35-32-26-23-20-17-14-11-8-5-2/h7,9-10,12,16,18-19,21,25-28,30-33,36,39-40,43,49,52,58H,4-6,8,11,13-15,17,20,22-24,29,34-35,37-38,41-42,44-48,50-51,53-57H2,1-3H3/b10-7-,12-9-,19-16-,21-18-,28-25-,31-30-,32-26-,33-27-,39-36-,43-40-,52-49-. The maximum atomic E-state index is 12.8. The van der Waals surface area contributed by atoms with Gasteiger partial charge in [0.05, 0.1) is 6.42 Å². The molecule has 0 amide bonds. The van der Waals surface area contributed by atoms with Gasteiger partial charge in [-0.25, -0.2) is 0 Å². The minimum atomic E-state index is -0.854. The van der Waals surface area contributed by atoms with Crippen molar-refractivity contribution in [2.24, 2.45) is 0 Å². The van der Waals surface area contributed by atoms with Crippen LogP contribution in [0, 0.1) is 0 Å². The molecule has 0 rings (SSSR count). The highest BCUT2D eigenvalue weighted by molar-refractivity contribution is 5.72. The van der Waals surface area contributed by atoms with E-state index in [1.807, 2.05) is 6.08 Å². The molecule has 0 fully saturated rings. The minimum absolute atomic E-state index is 0.0821. The summed E-state index contributed by atoms with van der Waals surface area (Å²) in [4.78, 5) is 38.0. The molecule has 0 aliphatic carbocycles. The molecule has 1 atom stereocenters. The van der Waals surface area contributed by atoms with E-state index in [-0.39, 0.29) is 31.6 Å². The molecule has 67 heavy (non-hydrogen) atoms. The van der Waals surface area contributed by atoms with Gasteiger partial charge >= 0.3 is 17.9 Å². The van der Waals surface area contributed by atoms with E-state index >= 15 is 0 Å². The van der Waals surface area contributed by atoms with Crippen molar-refractivity contribution >= 4 is 17.9 Å². The number of rotatable bonds is 46. The Morgan fingerprint density at radius 2 is 0.627 bits per heavy atom. The highest BCUT2D eigenvalue weighted by Crippen LogP contribution is 2.12. The molecule has 0 aromatic heterocycles. The fraction of sp³-hybridized carbons (Fsp3) is 0.590. The Morgan fingerprint density at radius 1 is 0.328 bits per heavy atom. The van der Waals surface area contributed by atoms with E-state index in [4.69, 9.17) is 14.2 Å². The fourth-order valence-electron chi connectivity index (χ4n) is 6.71. The number of carbonyl (C=O) groups is 3. The summed E-state index contributed by atoms with van der Waals surface area (Å²) in [6.45, 7) is 6.27. The molecule has 0 aromatic rings. The number of unbranched alkanes of at least 4 members (excludes halogenated alkanes) is 14. The zero-order chi connectivity index (χ0) is 48.6. The van der Waals surface area contributed by atoms with Gasteiger partial charge < -0.3 is 14.2 Å². The predicted octanol–water partition coefficient (Wildman–Crippen LogP) is 17.9. The van der Waals surface area contributed by atoms with Crippen LogP contribution in [-0.2, 0) is 28.6 Å². The molecule has 0 saturated carbocycles. The topological polar surface area (TPSA) is 78.9 Å². The van der Waals surface area contributed by atoms with Gasteiger partial charge in [-0.1, -0.05) is 212 Å². The average molecular weight is 925 g/mol. The molecule has 0 aliphatic rings. The Hall–Kier alpha value is -4.45. The van der Waals surface area contributed by atoms with Gasteiger partial charge in [0.2, 0.25) is 0 Å². The molecule has 0 saturated heterocycles. The molecule has 0 aromatic carbocycles. The van der Waals surface area contributed by atoms with Crippen molar-refractivity contribution in [3.8, 4) is 0 Å². The SMILES string of the molecule is CC/C=C\C/C=C\C/C=C\C/C=C\C/C=C\CCCCCC(=O)OCC(COC(=O)CCCCCCC/C=C\CCCCCCCC)OC(=O)C/C=C\C/C=C\C/C=C\C/C=C\C/C=C\CC. The van der Waals surface area contributed by atoms with Crippen LogP contribution in [0.1, 0.15) is 213 Å². The molecule has 0 aliphatic heterocycles. The molecule has 376 valence electrons. The second kappa shape index (κ2) is 54.2. The first-order chi connectivity index (χ1) is 33.0. The molecule has 0 radical (unpaired) electrons. The summed E-state index contributed by atoms with van der Waals surface area (Å²) >= 11 is 0. The zero-order valence-corrected chi connectivity index (χ0v) is 42.9. The van der Waals surface area contributed by atoms with Gasteiger partial charge in [0.15, 0.2) is 6.10 Å². The van der Waals surface area contributed by atoms with E-state index in [1.165, 1.54) is 51.4 Å². The summed E-state index contributed by atoms with van der Waals surface area (Å²) < 4.78 is 16.7. The normalized spacial score (nSPS) is 13.2. The highest BCUT2D eigenvalue weighted by atomic mass is 16.6. The van der Waals surface area contributed by atoms with E-state index in [2.05, 4.69) is 142 Å². The van der Waals surface area contributed by atoms with Crippen LogP contribution in [0.2, 0.25) is 0 Å². The number of carbonyl (C=O) groups excluding carboxylic acids is 3. The van der Waals surface area contributed by atoms with Crippen LogP contribution in [0.15, 0.2) is 134 Å². The summed E-state index contributed by atoms with van der Waals surface area (Å²) in [7, 11) is 0. The number of ether oxygens (including phenoxy) is 3. The highest BCUT2D eigenvalue weighted by Gasteiger charge is 2.19. The lowest BCUT2D eigenvalue weighted by Gasteiger charge is -2.18. The van der Waals surface area contributed by atoms with E-state index in [1.54, 1.807) is 6.08 Å². The number of esters is 3. The lowest BCUT2D eigenvalue weighted by Crippen LogP contribution is -2.30. The third-order valence-electron chi connectivity index (χ3n) is 10.7. The first kappa shape index (κ1) is 62.5. The quantitative estimate of drug-likeness (QED) is 0.0262. The molecule has 6 nitrogen and oxygen atoms in total. The molecular weight excluding hydrogens is 829 g/mol. The third kappa shape index (κ3) is 52.4. The molecule has 6 heteroatoms. The first-order valence-electron chi connectivity index (χ1n) is 26.7. The van der Waals surface area contributed by atoms with Gasteiger partial charge in [0.25, 0.3) is 0 Å². The lowest BCUT2D eigenvalue weighted by molar-refractivity contribution is -0.166. The van der Waals surface area contributed by atoms with Crippen LogP contribution in [0.4, 0.5) is 0 Å². The Labute approximate surface area is 411 Å². The van der Waals surface area contributed by atoms with Crippen molar-refractivity contribution in [3.63, 3.8) is 0 Å². The average Bonchev–Trinajstić information content (AvgIpc) is 3.33. The Kier molecular flexibility index (Phi) is 50.6. The monoisotopic (exact) mass is 925 g/mol. The van der Waals surface area contributed by atoms with Crippen molar-refractivity contribution in [3.05, 3.63) is 134 Å². The van der Waals surface area contributed by atoms with Crippen LogP contribution < -0.4 is 0 Å². The van der Waals surface area contributed by atoms with Crippen LogP contribution in [0.3, 0.4) is 0 Å². The summed E-state index contributed by atoms with van der Waals surface area (Å²) in [6.07, 6.45) is 76.0.